The lowest BCUT2D eigenvalue weighted by molar-refractivity contribution is 0.432. The Morgan fingerprint density at radius 2 is 2.16 bits per heavy atom. The lowest BCUT2D eigenvalue weighted by Crippen LogP contribution is -1.91. The van der Waals surface area contributed by atoms with E-state index in [4.69, 9.17) is 4.52 Å². The van der Waals surface area contributed by atoms with Crippen LogP contribution in [0.2, 0.25) is 0 Å². The van der Waals surface area contributed by atoms with Gasteiger partial charge in [-0.3, -0.25) is 9.67 Å². The van der Waals surface area contributed by atoms with E-state index in [1.807, 2.05) is 10.9 Å². The average Bonchev–Trinajstić information content (AvgIpc) is 3.01. The van der Waals surface area contributed by atoms with E-state index in [-0.39, 0.29) is 0 Å². The molecular weight excluding hydrogens is 244 g/mol. The highest BCUT2D eigenvalue weighted by Crippen LogP contribution is 2.35. The summed E-state index contributed by atoms with van der Waals surface area (Å²) in [5.74, 6) is 0.884. The van der Waals surface area contributed by atoms with Crippen molar-refractivity contribution < 1.29 is 4.52 Å². The van der Waals surface area contributed by atoms with E-state index in [2.05, 4.69) is 25.2 Å². The lowest BCUT2D eigenvalue weighted by atomic mass is 10.3. The maximum atomic E-state index is 5.24. The summed E-state index contributed by atoms with van der Waals surface area (Å²) < 4.78 is 7.18. The van der Waals surface area contributed by atoms with Crippen molar-refractivity contribution >= 4 is 0 Å². The Balaban J connectivity index is 1.66. The van der Waals surface area contributed by atoms with Crippen LogP contribution < -0.4 is 0 Å². The van der Waals surface area contributed by atoms with Crippen molar-refractivity contribution in [2.45, 2.75) is 18.9 Å². The molecule has 0 bridgehead atoms. The fourth-order valence-corrected chi connectivity index (χ4v) is 1.85. The van der Waals surface area contributed by atoms with Crippen molar-refractivity contribution in [3.63, 3.8) is 0 Å². The largest absolute Gasteiger partial charge is 0.333 e. The van der Waals surface area contributed by atoms with E-state index in [9.17, 15) is 0 Å². The summed E-state index contributed by atoms with van der Waals surface area (Å²) in [7, 11) is 0. The zero-order valence-corrected chi connectivity index (χ0v) is 9.97. The quantitative estimate of drug-likeness (QED) is 0.707. The molecule has 0 unspecified atom stereocenters. The zero-order valence-electron chi connectivity index (χ0n) is 9.97. The predicted octanol–water partition coefficient (Wildman–Crippen LogP) is 1.72. The van der Waals surface area contributed by atoms with Gasteiger partial charge in [-0.15, -0.1) is 0 Å². The van der Waals surface area contributed by atoms with Gasteiger partial charge in [0.05, 0.1) is 24.0 Å². The van der Waals surface area contributed by atoms with Crippen LogP contribution in [0.5, 0.6) is 0 Å². The summed E-state index contributed by atoms with van der Waals surface area (Å²) in [6.07, 6.45) is 10.9. The molecule has 7 nitrogen and oxygen atoms in total. The smallest absolute Gasteiger partial charge is 0.261 e. The first kappa shape index (κ1) is 10.4. The first-order chi connectivity index (χ1) is 9.40. The normalized spacial score (nSPS) is 14.7. The van der Waals surface area contributed by atoms with Crippen LogP contribution in [0.15, 0.2) is 35.5 Å². The minimum absolute atomic E-state index is 0.433. The first-order valence-electron chi connectivity index (χ1n) is 6.05. The third-order valence-corrected chi connectivity index (χ3v) is 2.99. The number of rotatable bonds is 3. The van der Waals surface area contributed by atoms with Gasteiger partial charge < -0.3 is 4.52 Å². The second-order valence-corrected chi connectivity index (χ2v) is 4.45. The van der Waals surface area contributed by atoms with E-state index < -0.39 is 0 Å². The van der Waals surface area contributed by atoms with Gasteiger partial charge in [0.2, 0.25) is 5.82 Å². The van der Waals surface area contributed by atoms with Gasteiger partial charge in [0.1, 0.15) is 5.69 Å². The van der Waals surface area contributed by atoms with Gasteiger partial charge in [0.15, 0.2) is 0 Å². The van der Waals surface area contributed by atoms with Crippen molar-refractivity contribution in [1.29, 1.82) is 0 Å². The van der Waals surface area contributed by atoms with Crippen molar-refractivity contribution in [2.75, 3.05) is 0 Å². The second kappa shape index (κ2) is 3.98. The van der Waals surface area contributed by atoms with E-state index in [1.54, 1.807) is 24.8 Å². The molecule has 0 radical (unpaired) electrons. The van der Waals surface area contributed by atoms with Gasteiger partial charge in [-0.25, -0.2) is 4.98 Å². The third kappa shape index (κ3) is 1.88. The fraction of sp³-hybridized carbons (Fsp3) is 0.250. The molecule has 1 aliphatic carbocycles. The molecule has 0 atom stereocenters. The van der Waals surface area contributed by atoms with Gasteiger partial charge in [0.25, 0.3) is 5.89 Å². The third-order valence-electron chi connectivity index (χ3n) is 2.99. The first-order valence-corrected chi connectivity index (χ1v) is 6.05. The van der Waals surface area contributed by atoms with E-state index >= 15 is 0 Å². The van der Waals surface area contributed by atoms with Gasteiger partial charge in [-0.2, -0.15) is 10.1 Å². The molecule has 94 valence electrons. The molecule has 19 heavy (non-hydrogen) atoms. The number of hydrogen-bond donors (Lipinski definition) is 0. The summed E-state index contributed by atoms with van der Waals surface area (Å²) in [4.78, 5) is 12.4. The van der Waals surface area contributed by atoms with E-state index in [1.165, 1.54) is 12.8 Å². The molecule has 7 heteroatoms. The molecule has 1 fully saturated rings. The van der Waals surface area contributed by atoms with Gasteiger partial charge in [-0.05, 0) is 12.8 Å². The van der Waals surface area contributed by atoms with Crippen molar-refractivity contribution in [3.05, 3.63) is 31.0 Å². The molecule has 3 aromatic heterocycles. The minimum atomic E-state index is 0.433. The topological polar surface area (TPSA) is 82.5 Å². The predicted molar refractivity (Wildman–Crippen MR) is 64.8 cm³/mol. The van der Waals surface area contributed by atoms with Crippen molar-refractivity contribution in [1.82, 2.24) is 29.9 Å². The maximum absolute atomic E-state index is 5.24. The number of hydrogen-bond acceptors (Lipinski definition) is 6. The van der Waals surface area contributed by atoms with E-state index in [0.29, 0.717) is 23.5 Å². The zero-order chi connectivity index (χ0) is 12.7. The molecule has 0 aromatic carbocycles. The molecule has 0 N–H and O–H groups in total. The van der Waals surface area contributed by atoms with Crippen LogP contribution in [0.25, 0.3) is 23.0 Å². The molecule has 0 aliphatic heterocycles. The molecule has 3 aromatic rings. The van der Waals surface area contributed by atoms with Gasteiger partial charge in [0, 0.05) is 18.6 Å². The van der Waals surface area contributed by atoms with Crippen molar-refractivity contribution in [3.8, 4) is 23.0 Å². The molecule has 0 amide bonds. The molecule has 1 saturated carbocycles. The van der Waals surface area contributed by atoms with Crippen LogP contribution >= 0.6 is 0 Å². The van der Waals surface area contributed by atoms with Crippen LogP contribution in [0.3, 0.4) is 0 Å². The summed E-state index contributed by atoms with van der Waals surface area (Å²) >= 11 is 0. The highest BCUT2D eigenvalue weighted by atomic mass is 16.5. The Morgan fingerprint density at radius 3 is 2.95 bits per heavy atom. The van der Waals surface area contributed by atoms with Gasteiger partial charge >= 0.3 is 0 Å². The Labute approximate surface area is 108 Å². The Kier molecular flexibility index (Phi) is 2.17. The van der Waals surface area contributed by atoms with Crippen LogP contribution in [0.1, 0.15) is 18.9 Å². The maximum Gasteiger partial charge on any atom is 0.261 e. The van der Waals surface area contributed by atoms with Crippen LogP contribution in [-0.4, -0.2) is 29.9 Å². The fourth-order valence-electron chi connectivity index (χ4n) is 1.85. The van der Waals surface area contributed by atoms with Crippen LogP contribution in [0.4, 0.5) is 0 Å². The molecule has 4 rings (SSSR count). The highest BCUT2D eigenvalue weighted by molar-refractivity contribution is 5.55. The monoisotopic (exact) mass is 254 g/mol. The van der Waals surface area contributed by atoms with Crippen molar-refractivity contribution in [2.24, 2.45) is 0 Å². The molecule has 0 spiro atoms. The molecule has 0 saturated heterocycles. The molecule has 3 heterocycles. The van der Waals surface area contributed by atoms with Crippen LogP contribution in [-0.2, 0) is 0 Å². The Morgan fingerprint density at radius 1 is 1.21 bits per heavy atom. The average molecular weight is 254 g/mol. The van der Waals surface area contributed by atoms with Gasteiger partial charge in [-0.1, -0.05) is 5.16 Å². The highest BCUT2D eigenvalue weighted by Gasteiger charge is 2.25. The minimum Gasteiger partial charge on any atom is -0.333 e. The number of nitrogens with zero attached hydrogens (tertiary/aromatic N) is 6. The van der Waals surface area contributed by atoms with Crippen LogP contribution in [0, 0.1) is 0 Å². The Hall–Kier alpha value is -2.57. The summed E-state index contributed by atoms with van der Waals surface area (Å²) in [5, 5.41) is 8.20. The summed E-state index contributed by atoms with van der Waals surface area (Å²) in [6, 6.07) is 0.538. The summed E-state index contributed by atoms with van der Waals surface area (Å²) in [5.41, 5.74) is 1.42. The standard InChI is InChI=1S/C12H10N6O/c1-2-9(1)18-7-8(5-15-18)12-16-11(17-19-12)10-6-13-3-4-14-10/h3-7,9H,1-2H2. The number of aromatic nitrogens is 6. The molecular formula is C12H10N6O. The summed E-state index contributed by atoms with van der Waals surface area (Å²) in [6.45, 7) is 0. The SMILES string of the molecule is c1cnc(-c2noc(-c3cnn(C4CC4)c3)n2)cn1. The second-order valence-electron chi connectivity index (χ2n) is 4.45. The molecule has 1 aliphatic rings. The lowest BCUT2D eigenvalue weighted by Gasteiger charge is -1.92. The van der Waals surface area contributed by atoms with E-state index in [0.717, 1.165) is 5.56 Å². The Bertz CT molecular complexity index is 700.